The van der Waals surface area contributed by atoms with E-state index in [-0.39, 0.29) is 34.9 Å². The van der Waals surface area contributed by atoms with E-state index in [1.165, 1.54) is 76.3 Å². The number of phenols is 1. The number of carboxylic acids is 1. The molecule has 1 aromatic carbocycles. The molecule has 0 spiro atoms. The van der Waals surface area contributed by atoms with Crippen LogP contribution in [0.15, 0.2) is 27.4 Å². The third-order valence-corrected chi connectivity index (χ3v) is 6.07. The first-order chi connectivity index (χ1) is 16.4. The summed E-state index contributed by atoms with van der Waals surface area (Å²) in [5, 5.41) is 22.4. The van der Waals surface area contributed by atoms with Crippen LogP contribution >= 0.6 is 0 Å². The van der Waals surface area contributed by atoms with E-state index in [1.54, 1.807) is 0 Å². The van der Waals surface area contributed by atoms with E-state index in [4.69, 9.17) is 9.52 Å². The number of hydrogen-bond donors (Lipinski definition) is 3. The van der Waals surface area contributed by atoms with Crippen LogP contribution in [0.25, 0.3) is 11.0 Å². The monoisotopic (exact) mass is 473 g/mol. The summed E-state index contributed by atoms with van der Waals surface area (Å²) in [4.78, 5) is 35.1. The number of anilines is 1. The molecular formula is C27H39NO6. The molecule has 0 bridgehead atoms. The lowest BCUT2D eigenvalue weighted by Crippen LogP contribution is -2.12. The highest BCUT2D eigenvalue weighted by molar-refractivity contribution is 5.96. The first-order valence-corrected chi connectivity index (χ1v) is 12.7. The molecule has 0 radical (unpaired) electrons. The normalized spacial score (nSPS) is 11.1. The molecule has 0 saturated carbocycles. The highest BCUT2D eigenvalue weighted by atomic mass is 16.4. The Morgan fingerprint density at radius 1 is 0.853 bits per heavy atom. The van der Waals surface area contributed by atoms with E-state index in [0.29, 0.717) is 11.8 Å². The van der Waals surface area contributed by atoms with Crippen LogP contribution in [0, 0.1) is 0 Å². The van der Waals surface area contributed by atoms with Crippen molar-refractivity contribution in [3.8, 4) is 5.75 Å². The molecular weight excluding hydrogens is 434 g/mol. The number of hydrogen-bond acceptors (Lipinski definition) is 5. The van der Waals surface area contributed by atoms with Gasteiger partial charge in [0.1, 0.15) is 11.3 Å². The zero-order chi connectivity index (χ0) is 24.8. The maximum Gasteiger partial charge on any atom is 0.336 e. The minimum absolute atomic E-state index is 0.0794. The van der Waals surface area contributed by atoms with E-state index >= 15 is 0 Å². The van der Waals surface area contributed by atoms with Gasteiger partial charge >= 0.3 is 11.6 Å². The summed E-state index contributed by atoms with van der Waals surface area (Å²) in [6.07, 6.45) is 16.0. The Bertz CT molecular complexity index is 981. The lowest BCUT2D eigenvalue weighted by molar-refractivity contribution is -0.136. The molecule has 188 valence electrons. The predicted octanol–water partition coefficient (Wildman–Crippen LogP) is 6.55. The molecule has 2 rings (SSSR count). The van der Waals surface area contributed by atoms with Crippen molar-refractivity contribution in [3.63, 3.8) is 0 Å². The number of aromatic hydroxyl groups is 1. The van der Waals surface area contributed by atoms with Crippen LogP contribution in [0.2, 0.25) is 0 Å². The number of phenolic OH excluding ortho intramolecular Hbond substituents is 1. The van der Waals surface area contributed by atoms with Gasteiger partial charge in [-0.1, -0.05) is 84.0 Å². The Kier molecular flexibility index (Phi) is 12.2. The number of amides is 1. The molecule has 0 fully saturated rings. The SMILES string of the molecule is CCCCCCCCCCCCCCCC(=O)Nc1cc2c(CC(=O)O)cc(=O)oc2cc1O. The number of unbranched alkanes of at least 4 members (excludes halogenated alkanes) is 12. The highest BCUT2D eigenvalue weighted by Crippen LogP contribution is 2.31. The van der Waals surface area contributed by atoms with Crippen molar-refractivity contribution >= 4 is 28.5 Å². The van der Waals surface area contributed by atoms with Crippen molar-refractivity contribution in [2.24, 2.45) is 0 Å². The van der Waals surface area contributed by atoms with Crippen LogP contribution in [0.5, 0.6) is 5.75 Å². The van der Waals surface area contributed by atoms with Crippen LogP contribution in [-0.4, -0.2) is 22.1 Å². The Hall–Kier alpha value is -2.83. The lowest BCUT2D eigenvalue weighted by Gasteiger charge is -2.10. The van der Waals surface area contributed by atoms with Gasteiger partial charge in [0.25, 0.3) is 0 Å². The van der Waals surface area contributed by atoms with Crippen molar-refractivity contribution < 1.29 is 24.2 Å². The van der Waals surface area contributed by atoms with E-state index in [1.807, 2.05) is 0 Å². The van der Waals surface area contributed by atoms with Crippen LogP contribution in [-0.2, 0) is 16.0 Å². The predicted molar refractivity (Wildman–Crippen MR) is 134 cm³/mol. The second-order valence-corrected chi connectivity index (χ2v) is 9.07. The minimum Gasteiger partial charge on any atom is -0.506 e. The molecule has 0 aliphatic rings. The van der Waals surface area contributed by atoms with Crippen molar-refractivity contribution in [2.45, 2.75) is 103 Å². The molecule has 0 saturated heterocycles. The highest BCUT2D eigenvalue weighted by Gasteiger charge is 2.14. The first-order valence-electron chi connectivity index (χ1n) is 12.7. The third kappa shape index (κ3) is 9.98. The summed E-state index contributed by atoms with van der Waals surface area (Å²) >= 11 is 0. The van der Waals surface area contributed by atoms with Crippen LogP contribution < -0.4 is 10.9 Å². The van der Waals surface area contributed by atoms with Crippen LogP contribution in [0.1, 0.15) is 102 Å². The molecule has 0 aliphatic carbocycles. The van der Waals surface area contributed by atoms with Gasteiger partial charge < -0.3 is 19.9 Å². The molecule has 1 amide bonds. The van der Waals surface area contributed by atoms with Crippen molar-refractivity contribution in [3.05, 3.63) is 34.2 Å². The van der Waals surface area contributed by atoms with Gasteiger partial charge in [-0.2, -0.15) is 0 Å². The molecule has 0 aliphatic heterocycles. The molecule has 34 heavy (non-hydrogen) atoms. The quantitative estimate of drug-likeness (QED) is 0.136. The summed E-state index contributed by atoms with van der Waals surface area (Å²) in [6.45, 7) is 2.24. The van der Waals surface area contributed by atoms with Gasteiger partial charge in [-0.15, -0.1) is 0 Å². The van der Waals surface area contributed by atoms with Gasteiger partial charge in [-0.3, -0.25) is 9.59 Å². The maximum atomic E-state index is 12.3. The fourth-order valence-corrected chi connectivity index (χ4v) is 4.19. The van der Waals surface area contributed by atoms with Gasteiger partial charge in [0, 0.05) is 23.9 Å². The number of fused-ring (bicyclic) bond motifs is 1. The van der Waals surface area contributed by atoms with Crippen molar-refractivity contribution in [2.75, 3.05) is 5.32 Å². The molecule has 7 heteroatoms. The molecule has 1 heterocycles. The van der Waals surface area contributed by atoms with Crippen LogP contribution in [0.4, 0.5) is 5.69 Å². The summed E-state index contributed by atoms with van der Waals surface area (Å²) in [7, 11) is 0. The molecule has 1 aromatic heterocycles. The number of carboxylic acid groups (broad SMARTS) is 1. The van der Waals surface area contributed by atoms with E-state index in [0.717, 1.165) is 25.3 Å². The summed E-state index contributed by atoms with van der Waals surface area (Å²) in [5.41, 5.74) is -0.170. The number of carbonyl (C=O) groups is 2. The first kappa shape index (κ1) is 27.4. The van der Waals surface area contributed by atoms with Crippen molar-refractivity contribution in [1.82, 2.24) is 0 Å². The van der Waals surface area contributed by atoms with E-state index in [9.17, 15) is 19.5 Å². The summed E-state index contributed by atoms with van der Waals surface area (Å²) in [5.74, 6) is -1.54. The molecule has 0 atom stereocenters. The molecule has 3 N–H and O–H groups in total. The summed E-state index contributed by atoms with van der Waals surface area (Å²) < 4.78 is 5.06. The Morgan fingerprint density at radius 2 is 1.41 bits per heavy atom. The third-order valence-electron chi connectivity index (χ3n) is 6.07. The Balaban J connectivity index is 1.69. The Labute approximate surface area is 201 Å². The molecule has 7 nitrogen and oxygen atoms in total. The zero-order valence-corrected chi connectivity index (χ0v) is 20.4. The molecule has 0 unspecified atom stereocenters. The number of carbonyl (C=O) groups excluding carboxylic acids is 1. The van der Waals surface area contributed by atoms with E-state index < -0.39 is 11.6 Å². The largest absolute Gasteiger partial charge is 0.506 e. The minimum atomic E-state index is -1.09. The summed E-state index contributed by atoms with van der Waals surface area (Å²) in [6, 6.07) is 3.79. The number of rotatable bonds is 17. The van der Waals surface area contributed by atoms with Gasteiger partial charge in [0.2, 0.25) is 5.91 Å². The fraction of sp³-hybridized carbons (Fsp3) is 0.593. The van der Waals surface area contributed by atoms with Crippen molar-refractivity contribution in [1.29, 1.82) is 0 Å². The lowest BCUT2D eigenvalue weighted by atomic mass is 10.0. The standard InChI is InChI=1S/C27H39NO6/c1-2-3-4-5-6-7-8-9-10-11-12-13-14-15-25(30)28-22-18-21-20(16-26(31)32)17-27(33)34-24(21)19-23(22)29/h17-19,29H,2-16H2,1H3,(H,28,30)(H,31,32). The number of benzene rings is 1. The second-order valence-electron chi connectivity index (χ2n) is 9.07. The van der Waals surface area contributed by atoms with Gasteiger partial charge in [0.05, 0.1) is 12.1 Å². The maximum absolute atomic E-state index is 12.3. The fourth-order valence-electron chi connectivity index (χ4n) is 4.19. The average molecular weight is 474 g/mol. The topological polar surface area (TPSA) is 117 Å². The smallest absolute Gasteiger partial charge is 0.336 e. The Morgan fingerprint density at radius 3 is 1.97 bits per heavy atom. The average Bonchev–Trinajstić information content (AvgIpc) is 2.77. The number of nitrogens with one attached hydrogen (secondary N) is 1. The molecule has 2 aromatic rings. The van der Waals surface area contributed by atoms with Gasteiger partial charge in [-0.05, 0) is 18.1 Å². The van der Waals surface area contributed by atoms with Gasteiger partial charge in [-0.25, -0.2) is 4.79 Å². The number of aliphatic carboxylic acids is 1. The van der Waals surface area contributed by atoms with Crippen LogP contribution in [0.3, 0.4) is 0 Å². The van der Waals surface area contributed by atoms with Gasteiger partial charge in [0.15, 0.2) is 0 Å². The van der Waals surface area contributed by atoms with E-state index in [2.05, 4.69) is 12.2 Å². The zero-order valence-electron chi connectivity index (χ0n) is 20.4. The second kappa shape index (κ2) is 15.1.